The van der Waals surface area contributed by atoms with Crippen molar-refractivity contribution in [2.45, 2.75) is 39.5 Å². The number of carbonyl (C=O) groups is 1. The zero-order chi connectivity index (χ0) is 7.98. The van der Waals surface area contributed by atoms with E-state index in [1.807, 2.05) is 6.92 Å². The molecule has 11 heavy (non-hydrogen) atoms. The van der Waals surface area contributed by atoms with Crippen LogP contribution in [0.3, 0.4) is 0 Å². The predicted octanol–water partition coefficient (Wildman–Crippen LogP) is 0.836. The normalized spacial score (nSPS) is 11.8. The van der Waals surface area contributed by atoms with E-state index in [-0.39, 0.29) is 29.8 Å². The summed E-state index contributed by atoms with van der Waals surface area (Å²) in [6.45, 7) is 4.00. The summed E-state index contributed by atoms with van der Waals surface area (Å²) in [5.41, 5.74) is 0. The third kappa shape index (κ3) is 6.66. The van der Waals surface area contributed by atoms with Crippen molar-refractivity contribution in [3.05, 3.63) is 0 Å². The first-order valence-electron chi connectivity index (χ1n) is 3.95. The molecule has 0 fully saturated rings. The van der Waals surface area contributed by atoms with Crippen molar-refractivity contribution in [2.75, 3.05) is 0 Å². The van der Waals surface area contributed by atoms with E-state index in [0.717, 1.165) is 25.7 Å². The van der Waals surface area contributed by atoms with Gasteiger partial charge in [0.05, 0.1) is 5.92 Å². The SMILES string of the molecule is CCCCC(CC)C(=O)O.[SnH4]. The summed E-state index contributed by atoms with van der Waals surface area (Å²) in [6.07, 6.45) is 3.71. The minimum absolute atomic E-state index is 0. The van der Waals surface area contributed by atoms with Gasteiger partial charge in [-0.2, -0.15) is 0 Å². The Morgan fingerprint density at radius 1 is 1.45 bits per heavy atom. The van der Waals surface area contributed by atoms with Crippen molar-refractivity contribution in [1.82, 2.24) is 0 Å². The first kappa shape index (κ1) is 13.8. The number of carboxylic acid groups (broad SMARTS) is 1. The molecule has 0 spiro atoms. The van der Waals surface area contributed by atoms with Gasteiger partial charge in [0.15, 0.2) is 0 Å². The van der Waals surface area contributed by atoms with E-state index < -0.39 is 5.97 Å². The third-order valence-electron chi connectivity index (χ3n) is 1.75. The molecule has 0 heterocycles. The number of rotatable bonds is 5. The van der Waals surface area contributed by atoms with E-state index in [9.17, 15) is 4.79 Å². The van der Waals surface area contributed by atoms with E-state index in [0.29, 0.717) is 0 Å². The van der Waals surface area contributed by atoms with E-state index in [1.54, 1.807) is 0 Å². The van der Waals surface area contributed by atoms with E-state index in [1.165, 1.54) is 0 Å². The Labute approximate surface area is 85.3 Å². The molecule has 0 aliphatic carbocycles. The quantitative estimate of drug-likeness (QED) is 0.749. The van der Waals surface area contributed by atoms with Gasteiger partial charge in [-0.15, -0.1) is 0 Å². The Morgan fingerprint density at radius 3 is 2.27 bits per heavy atom. The van der Waals surface area contributed by atoms with Crippen molar-refractivity contribution in [3.63, 3.8) is 0 Å². The van der Waals surface area contributed by atoms with E-state index in [4.69, 9.17) is 5.11 Å². The van der Waals surface area contributed by atoms with Crippen LogP contribution in [-0.4, -0.2) is 35.0 Å². The van der Waals surface area contributed by atoms with Crippen molar-refractivity contribution >= 4 is 29.9 Å². The van der Waals surface area contributed by atoms with Crippen LogP contribution in [0.15, 0.2) is 0 Å². The number of hydrogen-bond acceptors (Lipinski definition) is 1. The van der Waals surface area contributed by atoms with Crippen molar-refractivity contribution < 1.29 is 9.90 Å². The molecule has 0 saturated carbocycles. The molecule has 2 nitrogen and oxygen atoms in total. The maximum atomic E-state index is 10.4. The topological polar surface area (TPSA) is 37.3 Å². The Kier molecular flexibility index (Phi) is 10.5. The molecule has 0 saturated heterocycles. The molecule has 0 radical (unpaired) electrons. The molecule has 0 aromatic rings. The fraction of sp³-hybridized carbons (Fsp3) is 0.875. The molecule has 1 atom stereocenters. The van der Waals surface area contributed by atoms with Gasteiger partial charge in [-0.1, -0.05) is 26.7 Å². The van der Waals surface area contributed by atoms with Gasteiger partial charge in [0.1, 0.15) is 0 Å². The standard InChI is InChI=1S/C8H16O2.Sn.4H/c1-3-5-6-7(4-2)8(9)10;;;;;/h7H,3-6H2,1-2H3,(H,9,10);;;;;. The summed E-state index contributed by atoms with van der Waals surface area (Å²) >= 11 is 0. The Hall–Kier alpha value is 0.269. The fourth-order valence-corrected chi connectivity index (χ4v) is 0.953. The molecule has 68 valence electrons. The third-order valence-corrected chi connectivity index (χ3v) is 1.75. The van der Waals surface area contributed by atoms with Crippen LogP contribution >= 0.6 is 0 Å². The summed E-state index contributed by atoms with van der Waals surface area (Å²) in [5, 5.41) is 8.60. The summed E-state index contributed by atoms with van der Waals surface area (Å²) < 4.78 is 0. The van der Waals surface area contributed by atoms with Crippen LogP contribution in [0.4, 0.5) is 0 Å². The first-order chi connectivity index (χ1) is 4.72. The zero-order valence-corrected chi connectivity index (χ0v) is 6.76. The molecule has 3 heteroatoms. The molecule has 1 N–H and O–H groups in total. The van der Waals surface area contributed by atoms with Crippen molar-refractivity contribution in [2.24, 2.45) is 5.92 Å². The van der Waals surface area contributed by atoms with E-state index in [2.05, 4.69) is 6.92 Å². The summed E-state index contributed by atoms with van der Waals surface area (Å²) in [6, 6.07) is 0. The molecule has 0 aliphatic heterocycles. The summed E-state index contributed by atoms with van der Waals surface area (Å²) in [5.74, 6) is -0.754. The van der Waals surface area contributed by atoms with Crippen LogP contribution in [0.2, 0.25) is 0 Å². The van der Waals surface area contributed by atoms with Gasteiger partial charge in [0, 0.05) is 0 Å². The number of aliphatic carboxylic acids is 1. The molecular weight excluding hydrogens is 247 g/mol. The van der Waals surface area contributed by atoms with Crippen molar-refractivity contribution in [3.8, 4) is 0 Å². The van der Waals surface area contributed by atoms with Crippen LogP contribution in [0.25, 0.3) is 0 Å². The van der Waals surface area contributed by atoms with Crippen molar-refractivity contribution in [1.29, 1.82) is 0 Å². The molecule has 1 unspecified atom stereocenters. The second kappa shape index (κ2) is 8.37. The molecule has 0 rings (SSSR count). The van der Waals surface area contributed by atoms with Crippen LogP contribution in [0, 0.1) is 5.92 Å². The zero-order valence-electron chi connectivity index (χ0n) is 6.76. The number of unbranched alkanes of at least 4 members (excludes halogenated alkanes) is 1. The Balaban J connectivity index is 0. The van der Waals surface area contributed by atoms with Crippen LogP contribution in [0.5, 0.6) is 0 Å². The van der Waals surface area contributed by atoms with Gasteiger partial charge in [-0.05, 0) is 12.8 Å². The van der Waals surface area contributed by atoms with Gasteiger partial charge in [0.25, 0.3) is 0 Å². The molecule has 0 aromatic carbocycles. The second-order valence-corrected chi connectivity index (χ2v) is 2.59. The predicted molar refractivity (Wildman–Crippen MR) is 52.3 cm³/mol. The molecule has 0 amide bonds. The minimum atomic E-state index is -0.643. The van der Waals surface area contributed by atoms with Crippen LogP contribution in [-0.2, 0) is 4.79 Å². The molecule has 0 bridgehead atoms. The summed E-state index contributed by atoms with van der Waals surface area (Å²) in [4.78, 5) is 10.4. The van der Waals surface area contributed by atoms with E-state index >= 15 is 0 Å². The maximum absolute atomic E-state index is 10.4. The number of carboxylic acids is 1. The average molecular weight is 267 g/mol. The average Bonchev–Trinajstić information content (AvgIpc) is 1.89. The number of hydrogen-bond donors (Lipinski definition) is 1. The molecule has 0 aromatic heterocycles. The van der Waals surface area contributed by atoms with Crippen LogP contribution in [0.1, 0.15) is 39.5 Å². The Morgan fingerprint density at radius 2 is 2.00 bits per heavy atom. The monoisotopic (exact) mass is 268 g/mol. The summed E-state index contributed by atoms with van der Waals surface area (Å²) in [7, 11) is 0. The Bertz CT molecular complexity index is 104. The van der Waals surface area contributed by atoms with Gasteiger partial charge in [-0.25, -0.2) is 0 Å². The second-order valence-electron chi connectivity index (χ2n) is 2.59. The molecular formula is C8H20O2Sn. The van der Waals surface area contributed by atoms with Gasteiger partial charge >= 0.3 is 29.9 Å². The van der Waals surface area contributed by atoms with Gasteiger partial charge in [-0.3, -0.25) is 4.79 Å². The van der Waals surface area contributed by atoms with Crippen LogP contribution < -0.4 is 0 Å². The fourth-order valence-electron chi connectivity index (χ4n) is 0.953. The first-order valence-corrected chi connectivity index (χ1v) is 3.95. The van der Waals surface area contributed by atoms with Gasteiger partial charge in [0.2, 0.25) is 0 Å². The van der Waals surface area contributed by atoms with Gasteiger partial charge < -0.3 is 5.11 Å². The molecule has 0 aliphatic rings.